The normalized spacial score (nSPS) is 11.3. The van der Waals surface area contributed by atoms with Crippen LogP contribution in [0.5, 0.6) is 0 Å². The molecule has 0 bridgehead atoms. The van der Waals surface area contributed by atoms with Crippen molar-refractivity contribution in [3.63, 3.8) is 0 Å². The largest absolute Gasteiger partial charge is 0.416 e. The average Bonchev–Trinajstić information content (AvgIpc) is 2.85. The van der Waals surface area contributed by atoms with Gasteiger partial charge in [-0.2, -0.15) is 13.2 Å². The Hall–Kier alpha value is -4.47. The number of nitrogens with zero attached hydrogens (tertiary/aromatic N) is 2. The zero-order chi connectivity index (χ0) is 25.7. The number of aromatic amines is 1. The lowest BCUT2D eigenvalue weighted by Gasteiger charge is -2.14. The first-order valence-corrected chi connectivity index (χ1v) is 11.0. The molecule has 0 aliphatic carbocycles. The van der Waals surface area contributed by atoms with Gasteiger partial charge in [0.05, 0.1) is 5.56 Å². The Morgan fingerprint density at radius 3 is 2.39 bits per heavy atom. The number of alkyl halides is 3. The van der Waals surface area contributed by atoms with Gasteiger partial charge in [0.2, 0.25) is 0 Å². The zero-order valence-electron chi connectivity index (χ0n) is 19.0. The summed E-state index contributed by atoms with van der Waals surface area (Å²) in [5, 5.41) is 2.50. The molecule has 0 atom stereocenters. The summed E-state index contributed by atoms with van der Waals surface area (Å²) in [6.45, 7) is -0.357. The van der Waals surface area contributed by atoms with Gasteiger partial charge < -0.3 is 16.0 Å². The third-order valence-electron chi connectivity index (χ3n) is 5.53. The molecule has 3 aromatic heterocycles. The van der Waals surface area contributed by atoms with Crippen LogP contribution in [0.1, 0.15) is 43.9 Å². The SMILES string of the molecule is Nc1cc(C(F)(F)F)c(CNC(=O)c2ccnc(Cc3ccc(Cc4ccc[nH]c4=O)cc3)c2)cn1. The second-order valence-electron chi connectivity index (χ2n) is 8.18. The fraction of sp³-hybridized carbons (Fsp3) is 0.154. The van der Waals surface area contributed by atoms with Crippen LogP contribution in [0.4, 0.5) is 19.0 Å². The molecule has 4 aromatic rings. The van der Waals surface area contributed by atoms with Gasteiger partial charge in [0.1, 0.15) is 5.82 Å². The van der Waals surface area contributed by atoms with Crippen molar-refractivity contribution in [2.75, 3.05) is 5.73 Å². The highest BCUT2D eigenvalue weighted by molar-refractivity contribution is 5.94. The fourth-order valence-electron chi connectivity index (χ4n) is 3.70. The van der Waals surface area contributed by atoms with E-state index in [9.17, 15) is 22.8 Å². The number of H-pyrrole nitrogens is 1. The first-order valence-electron chi connectivity index (χ1n) is 11.0. The van der Waals surface area contributed by atoms with E-state index < -0.39 is 17.6 Å². The predicted molar refractivity (Wildman–Crippen MR) is 128 cm³/mol. The summed E-state index contributed by atoms with van der Waals surface area (Å²) >= 11 is 0. The monoisotopic (exact) mass is 493 g/mol. The number of hydrogen-bond acceptors (Lipinski definition) is 5. The Labute approximate surface area is 204 Å². The van der Waals surface area contributed by atoms with Gasteiger partial charge in [-0.1, -0.05) is 30.3 Å². The topological polar surface area (TPSA) is 114 Å². The number of pyridine rings is 3. The van der Waals surface area contributed by atoms with Crippen molar-refractivity contribution >= 4 is 11.7 Å². The van der Waals surface area contributed by atoms with E-state index in [1.165, 1.54) is 12.3 Å². The first kappa shape index (κ1) is 24.6. The van der Waals surface area contributed by atoms with Gasteiger partial charge in [-0.05, 0) is 35.4 Å². The van der Waals surface area contributed by atoms with Crippen molar-refractivity contribution in [3.05, 3.63) is 123 Å². The standard InChI is InChI=1S/C26H22F3N5O2/c27-26(28,29)22-13-23(30)33-14-20(22)15-34-25(36)19-7-9-31-21(12-19)11-17-5-3-16(4-6-17)10-18-2-1-8-32-24(18)35/h1-9,12-14H,10-11,15H2,(H2,30,33)(H,32,35)(H,34,36). The number of nitrogen functional groups attached to an aromatic ring is 1. The number of anilines is 1. The second kappa shape index (κ2) is 10.4. The van der Waals surface area contributed by atoms with E-state index in [-0.39, 0.29) is 29.0 Å². The molecule has 0 saturated carbocycles. The maximum Gasteiger partial charge on any atom is 0.416 e. The van der Waals surface area contributed by atoms with Crippen molar-refractivity contribution in [3.8, 4) is 0 Å². The summed E-state index contributed by atoms with van der Waals surface area (Å²) in [5.41, 5.74) is 7.64. The molecule has 1 aromatic carbocycles. The Morgan fingerprint density at radius 1 is 0.972 bits per heavy atom. The lowest BCUT2D eigenvalue weighted by Crippen LogP contribution is -2.25. The van der Waals surface area contributed by atoms with Gasteiger partial charge >= 0.3 is 6.18 Å². The van der Waals surface area contributed by atoms with Gasteiger partial charge in [0, 0.05) is 60.4 Å². The minimum Gasteiger partial charge on any atom is -0.384 e. The number of nitrogens with one attached hydrogen (secondary N) is 2. The molecule has 36 heavy (non-hydrogen) atoms. The molecular weight excluding hydrogens is 471 g/mol. The van der Waals surface area contributed by atoms with E-state index in [1.54, 1.807) is 24.4 Å². The van der Waals surface area contributed by atoms with Crippen LogP contribution in [0.3, 0.4) is 0 Å². The van der Waals surface area contributed by atoms with Crippen LogP contribution < -0.4 is 16.6 Å². The molecule has 0 saturated heterocycles. The summed E-state index contributed by atoms with van der Waals surface area (Å²) in [7, 11) is 0. The Balaban J connectivity index is 1.41. The van der Waals surface area contributed by atoms with Crippen LogP contribution in [0.25, 0.3) is 0 Å². The van der Waals surface area contributed by atoms with E-state index in [4.69, 9.17) is 5.73 Å². The Kier molecular flexibility index (Phi) is 7.14. The summed E-state index contributed by atoms with van der Waals surface area (Å²) < 4.78 is 39.8. The lowest BCUT2D eigenvalue weighted by molar-refractivity contribution is -0.138. The first-order chi connectivity index (χ1) is 17.2. The van der Waals surface area contributed by atoms with Gasteiger partial charge in [-0.15, -0.1) is 0 Å². The molecule has 0 radical (unpaired) electrons. The number of carbonyl (C=O) groups is 1. The average molecular weight is 493 g/mol. The van der Waals surface area contributed by atoms with Crippen molar-refractivity contribution in [2.24, 2.45) is 0 Å². The van der Waals surface area contributed by atoms with Gasteiger partial charge in [0.25, 0.3) is 11.5 Å². The number of carbonyl (C=O) groups excluding carboxylic acids is 1. The van der Waals surface area contributed by atoms with Crippen LogP contribution in [-0.2, 0) is 25.6 Å². The van der Waals surface area contributed by atoms with Gasteiger partial charge in [-0.25, -0.2) is 4.98 Å². The molecule has 1 amide bonds. The smallest absolute Gasteiger partial charge is 0.384 e. The quantitative estimate of drug-likeness (QED) is 0.362. The van der Waals surface area contributed by atoms with E-state index in [1.807, 2.05) is 24.3 Å². The maximum atomic E-state index is 13.3. The molecule has 10 heteroatoms. The summed E-state index contributed by atoms with van der Waals surface area (Å²) in [4.78, 5) is 35.1. The number of halogens is 3. The molecule has 184 valence electrons. The minimum absolute atomic E-state index is 0.122. The van der Waals surface area contributed by atoms with Crippen LogP contribution in [0.15, 0.2) is 78.0 Å². The molecule has 0 aliphatic rings. The number of benzene rings is 1. The van der Waals surface area contributed by atoms with E-state index in [0.29, 0.717) is 24.1 Å². The van der Waals surface area contributed by atoms with Crippen molar-refractivity contribution < 1.29 is 18.0 Å². The van der Waals surface area contributed by atoms with Crippen LogP contribution in [0.2, 0.25) is 0 Å². The highest BCUT2D eigenvalue weighted by Gasteiger charge is 2.33. The van der Waals surface area contributed by atoms with Crippen LogP contribution >= 0.6 is 0 Å². The molecule has 7 nitrogen and oxygen atoms in total. The Morgan fingerprint density at radius 2 is 1.69 bits per heavy atom. The molecule has 0 fully saturated rings. The van der Waals surface area contributed by atoms with Crippen LogP contribution in [-0.4, -0.2) is 20.9 Å². The molecule has 3 heterocycles. The highest BCUT2D eigenvalue weighted by Crippen LogP contribution is 2.32. The zero-order valence-corrected chi connectivity index (χ0v) is 19.0. The highest BCUT2D eigenvalue weighted by atomic mass is 19.4. The second-order valence-corrected chi connectivity index (χ2v) is 8.18. The van der Waals surface area contributed by atoms with Gasteiger partial charge in [0.15, 0.2) is 0 Å². The minimum atomic E-state index is -4.62. The van der Waals surface area contributed by atoms with Crippen molar-refractivity contribution in [1.29, 1.82) is 0 Å². The van der Waals surface area contributed by atoms with E-state index in [0.717, 1.165) is 23.4 Å². The van der Waals surface area contributed by atoms with Crippen molar-refractivity contribution in [1.82, 2.24) is 20.3 Å². The van der Waals surface area contributed by atoms with Crippen LogP contribution in [0, 0.1) is 0 Å². The lowest BCUT2D eigenvalue weighted by atomic mass is 10.0. The number of nitrogens with two attached hydrogens (primary N) is 1. The number of amides is 1. The number of rotatable bonds is 7. The fourth-order valence-corrected chi connectivity index (χ4v) is 3.70. The van der Waals surface area contributed by atoms with Crippen molar-refractivity contribution in [2.45, 2.75) is 25.6 Å². The molecule has 0 spiro atoms. The number of hydrogen-bond donors (Lipinski definition) is 3. The third-order valence-corrected chi connectivity index (χ3v) is 5.53. The Bertz CT molecular complexity index is 1430. The van der Waals surface area contributed by atoms with E-state index in [2.05, 4.69) is 20.3 Å². The van der Waals surface area contributed by atoms with Gasteiger partial charge in [-0.3, -0.25) is 14.6 Å². The molecule has 4 N–H and O–H groups in total. The summed E-state index contributed by atoms with van der Waals surface area (Å²) in [6.07, 6.45) is 0.413. The summed E-state index contributed by atoms with van der Waals surface area (Å²) in [5.74, 6) is -0.787. The number of aromatic nitrogens is 3. The molecule has 0 unspecified atom stereocenters. The third kappa shape index (κ3) is 6.15. The predicted octanol–water partition coefficient (Wildman–Crippen LogP) is 3.88. The van der Waals surface area contributed by atoms with E-state index >= 15 is 0 Å². The molecule has 0 aliphatic heterocycles. The maximum absolute atomic E-state index is 13.3. The molecular formula is C26H22F3N5O2. The summed E-state index contributed by atoms with van der Waals surface area (Å²) in [6, 6.07) is 15.1. The molecule has 4 rings (SSSR count).